The second-order valence-electron chi connectivity index (χ2n) is 7.07. The number of aryl methyl sites for hydroxylation is 1. The van der Waals surface area contributed by atoms with E-state index in [2.05, 4.69) is 31.7 Å². The highest BCUT2D eigenvalue weighted by atomic mass is 32.1. The molecule has 3 rings (SSSR count). The summed E-state index contributed by atoms with van der Waals surface area (Å²) in [5.74, 6) is 1.20. The van der Waals surface area contributed by atoms with Crippen molar-refractivity contribution in [2.24, 2.45) is 5.92 Å². The minimum absolute atomic E-state index is 0.0607. The van der Waals surface area contributed by atoms with E-state index in [1.807, 2.05) is 13.0 Å². The van der Waals surface area contributed by atoms with Crippen molar-refractivity contribution < 1.29 is 4.79 Å². The fourth-order valence-corrected chi connectivity index (χ4v) is 4.13. The molecule has 0 saturated carbocycles. The number of carbonyl (C=O) groups is 1. The van der Waals surface area contributed by atoms with Crippen LogP contribution in [0.5, 0.6) is 0 Å². The summed E-state index contributed by atoms with van der Waals surface area (Å²) < 4.78 is 0. The van der Waals surface area contributed by atoms with Crippen molar-refractivity contribution in [1.29, 1.82) is 0 Å². The second kappa shape index (κ2) is 8.06. The Labute approximate surface area is 153 Å². The Kier molecular flexibility index (Phi) is 5.81. The predicted octanol–water partition coefficient (Wildman–Crippen LogP) is 3.00. The maximum atomic E-state index is 12.2. The summed E-state index contributed by atoms with van der Waals surface area (Å²) in [6, 6.07) is 4.08. The first-order valence-electron chi connectivity index (χ1n) is 8.81. The van der Waals surface area contributed by atoms with Gasteiger partial charge in [-0.15, -0.1) is 0 Å². The zero-order valence-electron chi connectivity index (χ0n) is 15.2. The van der Waals surface area contributed by atoms with Crippen LogP contribution < -0.4 is 0 Å². The van der Waals surface area contributed by atoms with E-state index in [9.17, 15) is 4.79 Å². The van der Waals surface area contributed by atoms with Crippen LogP contribution in [0.3, 0.4) is 0 Å². The van der Waals surface area contributed by atoms with E-state index in [-0.39, 0.29) is 5.91 Å². The average Bonchev–Trinajstić information content (AvgIpc) is 3.06. The number of rotatable bonds is 5. The summed E-state index contributed by atoms with van der Waals surface area (Å²) in [6.45, 7) is 5.15. The molecule has 2 aromatic heterocycles. The molecule has 5 nitrogen and oxygen atoms in total. The number of carbonyl (C=O) groups excluding carboxylic acids is 1. The van der Waals surface area contributed by atoms with Gasteiger partial charge in [0, 0.05) is 32.9 Å². The first-order valence-corrected chi connectivity index (χ1v) is 9.75. The third-order valence-electron chi connectivity index (χ3n) is 4.60. The van der Waals surface area contributed by atoms with Crippen LogP contribution >= 0.6 is 11.3 Å². The van der Waals surface area contributed by atoms with Gasteiger partial charge in [-0.05, 0) is 67.1 Å². The highest BCUT2D eigenvalue weighted by Gasteiger charge is 2.22. The normalized spacial score (nSPS) is 18.3. The Morgan fingerprint density at radius 1 is 1.40 bits per heavy atom. The first-order chi connectivity index (χ1) is 12.0. The third kappa shape index (κ3) is 4.86. The molecule has 0 N–H and O–H groups in total. The molecule has 1 amide bonds. The highest BCUT2D eigenvalue weighted by molar-refractivity contribution is 7.07. The van der Waals surface area contributed by atoms with Crippen LogP contribution in [0.2, 0.25) is 0 Å². The molecule has 0 aromatic carbocycles. The van der Waals surface area contributed by atoms with Gasteiger partial charge in [-0.2, -0.15) is 11.3 Å². The summed E-state index contributed by atoms with van der Waals surface area (Å²) in [5, 5.41) is 4.38. The molecular weight excluding hydrogens is 332 g/mol. The van der Waals surface area contributed by atoms with E-state index in [4.69, 9.17) is 0 Å². The number of aromatic nitrogens is 2. The van der Waals surface area contributed by atoms with E-state index in [0.717, 1.165) is 25.2 Å². The fourth-order valence-electron chi connectivity index (χ4n) is 3.47. The van der Waals surface area contributed by atoms with Crippen molar-refractivity contribution in [2.45, 2.75) is 32.7 Å². The number of hydrogen-bond acceptors (Lipinski definition) is 5. The summed E-state index contributed by atoms with van der Waals surface area (Å²) in [5.41, 5.74) is 2.89. The van der Waals surface area contributed by atoms with Crippen LogP contribution in [-0.4, -0.2) is 52.9 Å². The quantitative estimate of drug-likeness (QED) is 0.824. The van der Waals surface area contributed by atoms with Crippen LogP contribution in [0, 0.1) is 12.8 Å². The highest BCUT2D eigenvalue weighted by Crippen LogP contribution is 2.22. The Hall–Kier alpha value is -1.79. The summed E-state index contributed by atoms with van der Waals surface area (Å²) in [6.07, 6.45) is 3.36. The van der Waals surface area contributed by atoms with Gasteiger partial charge < -0.3 is 4.90 Å². The van der Waals surface area contributed by atoms with Crippen molar-refractivity contribution in [3.05, 3.63) is 45.7 Å². The van der Waals surface area contributed by atoms with Gasteiger partial charge >= 0.3 is 0 Å². The molecule has 1 fully saturated rings. The SMILES string of the molecule is Cc1nc(C[C@@H]2CCCN(Cc3ccsc3)C2)cc(C(=O)N(C)C)n1. The van der Waals surface area contributed by atoms with Crippen molar-refractivity contribution >= 4 is 17.2 Å². The standard InChI is InChI=1S/C19H26N4OS/c1-14-20-17(10-18(21-14)19(24)22(2)3)9-15-5-4-7-23(11-15)12-16-6-8-25-13-16/h6,8,10,13,15H,4-5,7,9,11-12H2,1-3H3/t15-/m0/s1. The van der Waals surface area contributed by atoms with Gasteiger partial charge in [0.1, 0.15) is 11.5 Å². The minimum atomic E-state index is -0.0607. The molecule has 2 aromatic rings. The molecule has 6 heteroatoms. The Bertz CT molecular complexity index is 714. The molecule has 1 aliphatic heterocycles. The molecule has 25 heavy (non-hydrogen) atoms. The van der Waals surface area contributed by atoms with Gasteiger partial charge in [-0.1, -0.05) is 0 Å². The van der Waals surface area contributed by atoms with Gasteiger partial charge in [0.15, 0.2) is 0 Å². The first kappa shape index (κ1) is 18.0. The zero-order chi connectivity index (χ0) is 17.8. The smallest absolute Gasteiger partial charge is 0.272 e. The molecule has 3 heterocycles. The molecule has 0 bridgehead atoms. The van der Waals surface area contributed by atoms with Crippen LogP contribution in [0.15, 0.2) is 22.9 Å². The number of amides is 1. The molecule has 1 aliphatic rings. The van der Waals surface area contributed by atoms with E-state index < -0.39 is 0 Å². The lowest BCUT2D eigenvalue weighted by molar-refractivity contribution is 0.0821. The molecule has 0 unspecified atom stereocenters. The van der Waals surface area contributed by atoms with Crippen LogP contribution in [0.25, 0.3) is 0 Å². The van der Waals surface area contributed by atoms with Crippen molar-refractivity contribution in [3.8, 4) is 0 Å². The molecule has 1 atom stereocenters. The molecule has 0 radical (unpaired) electrons. The lowest BCUT2D eigenvalue weighted by atomic mass is 9.93. The van der Waals surface area contributed by atoms with E-state index in [1.165, 1.54) is 24.9 Å². The largest absolute Gasteiger partial charge is 0.343 e. The van der Waals surface area contributed by atoms with Gasteiger partial charge in [0.05, 0.1) is 0 Å². The third-order valence-corrected chi connectivity index (χ3v) is 5.34. The maximum Gasteiger partial charge on any atom is 0.272 e. The van der Waals surface area contributed by atoms with Gasteiger partial charge in [0.25, 0.3) is 5.91 Å². The topological polar surface area (TPSA) is 49.3 Å². The van der Waals surface area contributed by atoms with Crippen molar-refractivity contribution in [1.82, 2.24) is 19.8 Å². The number of nitrogens with zero attached hydrogens (tertiary/aromatic N) is 4. The van der Waals surface area contributed by atoms with E-state index in [0.29, 0.717) is 17.4 Å². The molecule has 1 saturated heterocycles. The van der Waals surface area contributed by atoms with Gasteiger partial charge in [0.2, 0.25) is 0 Å². The van der Waals surface area contributed by atoms with Crippen molar-refractivity contribution in [3.63, 3.8) is 0 Å². The summed E-state index contributed by atoms with van der Waals surface area (Å²) >= 11 is 1.76. The monoisotopic (exact) mass is 358 g/mol. The fraction of sp³-hybridized carbons (Fsp3) is 0.526. The van der Waals surface area contributed by atoms with Crippen molar-refractivity contribution in [2.75, 3.05) is 27.2 Å². The Morgan fingerprint density at radius 3 is 2.96 bits per heavy atom. The predicted molar refractivity (Wildman–Crippen MR) is 101 cm³/mol. The molecule has 134 valence electrons. The number of piperidine rings is 1. The molecule has 0 spiro atoms. The lowest BCUT2D eigenvalue weighted by Crippen LogP contribution is -2.35. The Morgan fingerprint density at radius 2 is 2.24 bits per heavy atom. The molecular formula is C19H26N4OS. The average molecular weight is 359 g/mol. The van der Waals surface area contributed by atoms with Crippen LogP contribution in [0.4, 0.5) is 0 Å². The van der Waals surface area contributed by atoms with Crippen LogP contribution in [-0.2, 0) is 13.0 Å². The lowest BCUT2D eigenvalue weighted by Gasteiger charge is -2.32. The second-order valence-corrected chi connectivity index (χ2v) is 7.85. The minimum Gasteiger partial charge on any atom is -0.343 e. The Balaban J connectivity index is 1.66. The number of hydrogen-bond donors (Lipinski definition) is 0. The van der Waals surface area contributed by atoms with Gasteiger partial charge in [-0.3, -0.25) is 9.69 Å². The zero-order valence-corrected chi connectivity index (χ0v) is 16.1. The number of likely N-dealkylation sites (tertiary alicyclic amines) is 1. The summed E-state index contributed by atoms with van der Waals surface area (Å²) in [4.78, 5) is 25.2. The van der Waals surface area contributed by atoms with E-state index >= 15 is 0 Å². The van der Waals surface area contributed by atoms with Gasteiger partial charge in [-0.25, -0.2) is 9.97 Å². The summed E-state index contributed by atoms with van der Waals surface area (Å²) in [7, 11) is 3.51. The maximum absolute atomic E-state index is 12.2. The number of thiophene rings is 1. The van der Waals surface area contributed by atoms with E-state index in [1.54, 1.807) is 30.3 Å². The molecule has 0 aliphatic carbocycles. The van der Waals surface area contributed by atoms with Crippen LogP contribution in [0.1, 0.15) is 40.4 Å².